The molecular formula is C13H24N4O. The quantitative estimate of drug-likeness (QED) is 0.874. The van der Waals surface area contributed by atoms with E-state index < -0.39 is 0 Å². The van der Waals surface area contributed by atoms with Crippen LogP contribution in [0, 0.1) is 12.8 Å². The molecule has 0 spiro atoms. The minimum atomic E-state index is 0.244. The van der Waals surface area contributed by atoms with Crippen molar-refractivity contribution in [2.24, 2.45) is 11.7 Å². The standard InChI is InChI=1S/C13H24N4O/c1-9-5-16(7-12(9)14)13-15-10(2)6-17(13)11(3)8-18-4/h6,9,11-12H,5,7-8,14H2,1-4H3. The van der Waals surface area contributed by atoms with Crippen LogP contribution in [0.5, 0.6) is 0 Å². The van der Waals surface area contributed by atoms with Crippen LogP contribution < -0.4 is 10.6 Å². The molecule has 0 amide bonds. The van der Waals surface area contributed by atoms with Crippen LogP contribution in [0.1, 0.15) is 25.6 Å². The Balaban J connectivity index is 2.22. The number of hydrogen-bond acceptors (Lipinski definition) is 4. The van der Waals surface area contributed by atoms with Crippen LogP contribution >= 0.6 is 0 Å². The number of imidazole rings is 1. The number of ether oxygens (including phenoxy) is 1. The van der Waals surface area contributed by atoms with Gasteiger partial charge in [-0.05, 0) is 19.8 Å². The molecule has 3 unspecified atom stereocenters. The summed E-state index contributed by atoms with van der Waals surface area (Å²) in [5, 5.41) is 0. The third kappa shape index (κ3) is 2.52. The molecule has 1 aliphatic rings. The van der Waals surface area contributed by atoms with Crippen molar-refractivity contribution in [2.75, 3.05) is 31.7 Å². The molecule has 1 aromatic rings. The summed E-state index contributed by atoms with van der Waals surface area (Å²) in [5.74, 6) is 1.55. The molecule has 102 valence electrons. The summed E-state index contributed by atoms with van der Waals surface area (Å²) in [6.45, 7) is 8.93. The largest absolute Gasteiger partial charge is 0.383 e. The van der Waals surface area contributed by atoms with Gasteiger partial charge < -0.3 is 19.9 Å². The van der Waals surface area contributed by atoms with Crippen LogP contribution in [0.25, 0.3) is 0 Å². The first kappa shape index (κ1) is 13.4. The summed E-state index contributed by atoms with van der Waals surface area (Å²) in [4.78, 5) is 6.93. The lowest BCUT2D eigenvalue weighted by molar-refractivity contribution is 0.162. The van der Waals surface area contributed by atoms with Gasteiger partial charge in [-0.25, -0.2) is 4.98 Å². The Labute approximate surface area is 109 Å². The molecule has 5 heteroatoms. The van der Waals surface area contributed by atoms with Crippen molar-refractivity contribution in [3.05, 3.63) is 11.9 Å². The van der Waals surface area contributed by atoms with Gasteiger partial charge in [-0.1, -0.05) is 6.92 Å². The average molecular weight is 252 g/mol. The maximum atomic E-state index is 6.09. The molecule has 0 aromatic carbocycles. The number of rotatable bonds is 4. The molecule has 1 fully saturated rings. The predicted octanol–water partition coefficient (Wildman–Crippen LogP) is 1.18. The predicted molar refractivity (Wildman–Crippen MR) is 72.9 cm³/mol. The molecule has 0 radical (unpaired) electrons. The fourth-order valence-electron chi connectivity index (χ4n) is 2.54. The molecule has 1 aliphatic heterocycles. The molecule has 5 nitrogen and oxygen atoms in total. The van der Waals surface area contributed by atoms with E-state index in [2.05, 4.69) is 34.5 Å². The Hall–Kier alpha value is -1.07. The van der Waals surface area contributed by atoms with Gasteiger partial charge in [-0.3, -0.25) is 0 Å². The molecule has 1 saturated heterocycles. The van der Waals surface area contributed by atoms with Crippen molar-refractivity contribution >= 4 is 5.95 Å². The highest BCUT2D eigenvalue weighted by atomic mass is 16.5. The molecule has 2 rings (SSSR count). The number of nitrogens with zero attached hydrogens (tertiary/aromatic N) is 3. The second kappa shape index (κ2) is 5.28. The van der Waals surface area contributed by atoms with Gasteiger partial charge in [0.1, 0.15) is 0 Å². The third-order valence-electron chi connectivity index (χ3n) is 3.67. The Bertz CT molecular complexity index is 394. The van der Waals surface area contributed by atoms with Crippen molar-refractivity contribution in [2.45, 2.75) is 32.9 Å². The van der Waals surface area contributed by atoms with Crippen LogP contribution in [-0.4, -0.2) is 42.4 Å². The highest BCUT2D eigenvalue weighted by molar-refractivity contribution is 5.36. The lowest BCUT2D eigenvalue weighted by Gasteiger charge is -2.22. The molecule has 1 aromatic heterocycles. The first-order valence-corrected chi connectivity index (χ1v) is 6.57. The summed E-state index contributed by atoms with van der Waals surface area (Å²) >= 11 is 0. The molecule has 2 heterocycles. The highest BCUT2D eigenvalue weighted by Crippen LogP contribution is 2.25. The zero-order chi connectivity index (χ0) is 13.3. The molecule has 18 heavy (non-hydrogen) atoms. The second-order valence-electron chi connectivity index (χ2n) is 5.44. The first-order chi connectivity index (χ1) is 8.52. The summed E-state index contributed by atoms with van der Waals surface area (Å²) in [6, 6.07) is 0.534. The number of hydrogen-bond donors (Lipinski definition) is 1. The summed E-state index contributed by atoms with van der Waals surface area (Å²) in [5.41, 5.74) is 7.14. The van der Waals surface area contributed by atoms with E-state index >= 15 is 0 Å². The highest BCUT2D eigenvalue weighted by Gasteiger charge is 2.30. The Morgan fingerprint density at radius 2 is 2.28 bits per heavy atom. The second-order valence-corrected chi connectivity index (χ2v) is 5.44. The minimum Gasteiger partial charge on any atom is -0.383 e. The van der Waals surface area contributed by atoms with Crippen LogP contribution in [0.4, 0.5) is 5.95 Å². The van der Waals surface area contributed by atoms with E-state index in [1.54, 1.807) is 7.11 Å². The van der Waals surface area contributed by atoms with E-state index in [0.29, 0.717) is 18.6 Å². The lowest BCUT2D eigenvalue weighted by Crippen LogP contribution is -2.30. The van der Waals surface area contributed by atoms with Gasteiger partial charge >= 0.3 is 0 Å². The first-order valence-electron chi connectivity index (χ1n) is 6.57. The van der Waals surface area contributed by atoms with E-state index in [0.717, 1.165) is 24.7 Å². The third-order valence-corrected chi connectivity index (χ3v) is 3.67. The van der Waals surface area contributed by atoms with Crippen molar-refractivity contribution < 1.29 is 4.74 Å². The van der Waals surface area contributed by atoms with Gasteiger partial charge in [0.2, 0.25) is 5.95 Å². The summed E-state index contributed by atoms with van der Waals surface area (Å²) in [7, 11) is 1.73. The minimum absolute atomic E-state index is 0.244. The lowest BCUT2D eigenvalue weighted by atomic mass is 10.1. The molecule has 0 saturated carbocycles. The van der Waals surface area contributed by atoms with Gasteiger partial charge in [0.25, 0.3) is 0 Å². The SMILES string of the molecule is COCC(C)n1cc(C)nc1N1CC(C)C(N)C1. The van der Waals surface area contributed by atoms with E-state index in [1.165, 1.54) is 0 Å². The maximum absolute atomic E-state index is 6.09. The van der Waals surface area contributed by atoms with Crippen molar-refractivity contribution in [3.8, 4) is 0 Å². The van der Waals surface area contributed by atoms with Crippen LogP contribution in [0.15, 0.2) is 6.20 Å². The molecule has 2 N–H and O–H groups in total. The average Bonchev–Trinajstić information content (AvgIpc) is 2.84. The summed E-state index contributed by atoms with van der Waals surface area (Å²) in [6.07, 6.45) is 2.09. The van der Waals surface area contributed by atoms with Gasteiger partial charge in [-0.15, -0.1) is 0 Å². The van der Waals surface area contributed by atoms with Crippen molar-refractivity contribution in [1.29, 1.82) is 0 Å². The van der Waals surface area contributed by atoms with E-state index in [4.69, 9.17) is 10.5 Å². The van der Waals surface area contributed by atoms with E-state index in [-0.39, 0.29) is 6.04 Å². The number of aryl methyl sites for hydroxylation is 1. The number of aromatic nitrogens is 2. The van der Waals surface area contributed by atoms with E-state index in [9.17, 15) is 0 Å². The molecule has 0 bridgehead atoms. The fourth-order valence-corrected chi connectivity index (χ4v) is 2.54. The summed E-state index contributed by atoms with van der Waals surface area (Å²) < 4.78 is 7.43. The van der Waals surface area contributed by atoms with Crippen LogP contribution in [-0.2, 0) is 4.74 Å². The molecular weight excluding hydrogens is 228 g/mol. The van der Waals surface area contributed by atoms with Crippen LogP contribution in [0.2, 0.25) is 0 Å². The Morgan fingerprint density at radius 1 is 1.56 bits per heavy atom. The fraction of sp³-hybridized carbons (Fsp3) is 0.769. The van der Waals surface area contributed by atoms with Gasteiger partial charge in [0.05, 0.1) is 18.3 Å². The molecule has 3 atom stereocenters. The van der Waals surface area contributed by atoms with Gasteiger partial charge in [0, 0.05) is 32.4 Å². The normalized spacial score (nSPS) is 25.7. The van der Waals surface area contributed by atoms with Gasteiger partial charge in [0.15, 0.2) is 0 Å². The smallest absolute Gasteiger partial charge is 0.206 e. The Morgan fingerprint density at radius 3 is 2.83 bits per heavy atom. The van der Waals surface area contributed by atoms with E-state index in [1.807, 2.05) is 6.92 Å². The van der Waals surface area contributed by atoms with Crippen LogP contribution in [0.3, 0.4) is 0 Å². The zero-order valence-electron chi connectivity index (χ0n) is 11.8. The Kier molecular flexibility index (Phi) is 3.92. The number of nitrogens with two attached hydrogens (primary N) is 1. The van der Waals surface area contributed by atoms with Crippen molar-refractivity contribution in [3.63, 3.8) is 0 Å². The van der Waals surface area contributed by atoms with Gasteiger partial charge in [-0.2, -0.15) is 0 Å². The molecule has 0 aliphatic carbocycles. The number of anilines is 1. The maximum Gasteiger partial charge on any atom is 0.206 e. The number of methoxy groups -OCH3 is 1. The topological polar surface area (TPSA) is 56.3 Å². The van der Waals surface area contributed by atoms with Crippen molar-refractivity contribution in [1.82, 2.24) is 9.55 Å². The zero-order valence-corrected chi connectivity index (χ0v) is 11.8. The monoisotopic (exact) mass is 252 g/mol.